The summed E-state index contributed by atoms with van der Waals surface area (Å²) < 4.78 is 5.33. The summed E-state index contributed by atoms with van der Waals surface area (Å²) in [4.78, 5) is 0. The molecule has 0 aliphatic carbocycles. The molecule has 2 nitrogen and oxygen atoms in total. The van der Waals surface area contributed by atoms with Crippen molar-refractivity contribution in [2.24, 2.45) is 5.92 Å². The smallest absolute Gasteiger partial charge is 0.0697 e. The summed E-state index contributed by atoms with van der Waals surface area (Å²) >= 11 is 0. The van der Waals surface area contributed by atoms with Gasteiger partial charge < -0.3 is 9.84 Å². The minimum Gasteiger partial charge on any atom is -0.394 e. The van der Waals surface area contributed by atoms with E-state index in [1.807, 2.05) is 0 Å². The second-order valence-corrected chi connectivity index (χ2v) is 4.94. The van der Waals surface area contributed by atoms with E-state index in [2.05, 4.69) is 39.0 Å². The summed E-state index contributed by atoms with van der Waals surface area (Å²) in [6.45, 7) is 7.79. The van der Waals surface area contributed by atoms with E-state index in [1.54, 1.807) is 0 Å². The molecule has 0 saturated heterocycles. The zero-order chi connectivity index (χ0) is 12.7. The van der Waals surface area contributed by atoms with Crippen LogP contribution < -0.4 is 0 Å². The van der Waals surface area contributed by atoms with Crippen LogP contribution in [0.3, 0.4) is 0 Å². The van der Waals surface area contributed by atoms with Crippen molar-refractivity contribution in [1.29, 1.82) is 0 Å². The number of aliphatic hydroxyl groups excluding tert-OH is 1. The number of hydrogen-bond donors (Lipinski definition) is 1. The molecule has 1 rings (SSSR count). The fraction of sp³-hybridized carbons (Fsp3) is 0.600. The molecule has 0 fully saturated rings. The number of aryl methyl sites for hydroxylation is 3. The lowest BCUT2D eigenvalue weighted by Gasteiger charge is -2.12. The third-order valence-electron chi connectivity index (χ3n) is 2.85. The summed E-state index contributed by atoms with van der Waals surface area (Å²) in [7, 11) is 0. The van der Waals surface area contributed by atoms with E-state index < -0.39 is 0 Å². The summed E-state index contributed by atoms with van der Waals surface area (Å²) in [6.07, 6.45) is 2.24. The summed E-state index contributed by atoms with van der Waals surface area (Å²) in [5.74, 6) is 0.544. The fourth-order valence-electron chi connectivity index (χ4n) is 2.06. The lowest BCUT2D eigenvalue weighted by Crippen LogP contribution is -2.09. The Morgan fingerprint density at radius 1 is 1.18 bits per heavy atom. The van der Waals surface area contributed by atoms with Crippen molar-refractivity contribution in [1.82, 2.24) is 0 Å². The number of aliphatic hydroxyl groups is 1. The van der Waals surface area contributed by atoms with Gasteiger partial charge in [-0.15, -0.1) is 0 Å². The molecule has 0 radical (unpaired) electrons. The first-order valence-corrected chi connectivity index (χ1v) is 6.37. The van der Waals surface area contributed by atoms with Crippen molar-refractivity contribution in [2.45, 2.75) is 33.6 Å². The summed E-state index contributed by atoms with van der Waals surface area (Å²) in [6, 6.07) is 6.72. The van der Waals surface area contributed by atoms with E-state index in [0.29, 0.717) is 12.5 Å². The maximum Gasteiger partial charge on any atom is 0.0697 e. The number of hydrogen-bond acceptors (Lipinski definition) is 2. The van der Waals surface area contributed by atoms with Crippen LogP contribution in [0.25, 0.3) is 0 Å². The van der Waals surface area contributed by atoms with Gasteiger partial charge in [-0.3, -0.25) is 0 Å². The zero-order valence-corrected chi connectivity index (χ0v) is 11.2. The van der Waals surface area contributed by atoms with Crippen LogP contribution in [-0.4, -0.2) is 24.9 Å². The fourth-order valence-corrected chi connectivity index (χ4v) is 2.06. The first kappa shape index (κ1) is 14.2. The molecule has 0 heterocycles. The van der Waals surface area contributed by atoms with E-state index in [0.717, 1.165) is 19.4 Å². The first-order chi connectivity index (χ1) is 8.11. The Morgan fingerprint density at radius 3 is 2.41 bits per heavy atom. The van der Waals surface area contributed by atoms with Crippen LogP contribution in [-0.2, 0) is 11.2 Å². The largest absolute Gasteiger partial charge is 0.394 e. The van der Waals surface area contributed by atoms with E-state index in [4.69, 9.17) is 9.84 Å². The van der Waals surface area contributed by atoms with Gasteiger partial charge in [0.25, 0.3) is 0 Å². The SMILES string of the molecule is Cc1cc(C)cc(CCC(C)COCCO)c1. The summed E-state index contributed by atoms with van der Waals surface area (Å²) in [5, 5.41) is 8.62. The van der Waals surface area contributed by atoms with E-state index >= 15 is 0 Å². The lowest BCUT2D eigenvalue weighted by atomic mass is 9.99. The highest BCUT2D eigenvalue weighted by molar-refractivity contribution is 5.28. The van der Waals surface area contributed by atoms with Crippen molar-refractivity contribution >= 4 is 0 Å². The molecule has 1 aromatic carbocycles. The molecule has 0 aromatic heterocycles. The predicted molar refractivity (Wildman–Crippen MR) is 71.3 cm³/mol. The Morgan fingerprint density at radius 2 is 1.82 bits per heavy atom. The van der Waals surface area contributed by atoms with Crippen molar-refractivity contribution in [3.05, 3.63) is 34.9 Å². The molecular formula is C15H24O2. The maximum atomic E-state index is 8.62. The normalized spacial score (nSPS) is 12.7. The monoisotopic (exact) mass is 236 g/mol. The molecule has 1 N–H and O–H groups in total. The van der Waals surface area contributed by atoms with Crippen molar-refractivity contribution < 1.29 is 9.84 Å². The van der Waals surface area contributed by atoms with Crippen molar-refractivity contribution in [3.8, 4) is 0 Å². The van der Waals surface area contributed by atoms with Gasteiger partial charge in [0.05, 0.1) is 13.2 Å². The number of benzene rings is 1. The molecule has 0 aliphatic rings. The quantitative estimate of drug-likeness (QED) is 0.738. The van der Waals surface area contributed by atoms with Crippen LogP contribution in [0, 0.1) is 19.8 Å². The van der Waals surface area contributed by atoms with Crippen molar-refractivity contribution in [3.63, 3.8) is 0 Å². The van der Waals surface area contributed by atoms with Gasteiger partial charge >= 0.3 is 0 Å². The Labute approximate surface area is 105 Å². The van der Waals surface area contributed by atoms with Crippen molar-refractivity contribution in [2.75, 3.05) is 19.8 Å². The molecule has 0 aliphatic heterocycles. The molecule has 0 saturated carbocycles. The zero-order valence-electron chi connectivity index (χ0n) is 11.2. The van der Waals surface area contributed by atoms with Gasteiger partial charge in [0, 0.05) is 6.61 Å². The number of ether oxygens (including phenoxy) is 1. The maximum absolute atomic E-state index is 8.62. The van der Waals surface area contributed by atoms with E-state index in [-0.39, 0.29) is 6.61 Å². The van der Waals surface area contributed by atoms with Crippen LogP contribution >= 0.6 is 0 Å². The standard InChI is InChI=1S/C15H24O2/c1-12(11-17-7-6-16)4-5-15-9-13(2)8-14(3)10-15/h8-10,12,16H,4-7,11H2,1-3H3. The van der Waals surface area contributed by atoms with Gasteiger partial charge in [0.2, 0.25) is 0 Å². The molecular weight excluding hydrogens is 212 g/mol. The minimum absolute atomic E-state index is 0.115. The predicted octanol–water partition coefficient (Wildman–Crippen LogP) is 2.88. The Hall–Kier alpha value is -0.860. The van der Waals surface area contributed by atoms with Crippen LogP contribution in [0.15, 0.2) is 18.2 Å². The average molecular weight is 236 g/mol. The molecule has 1 atom stereocenters. The van der Waals surface area contributed by atoms with Gasteiger partial charge in [0.1, 0.15) is 0 Å². The summed E-state index contributed by atoms with van der Waals surface area (Å²) in [5.41, 5.74) is 4.09. The van der Waals surface area contributed by atoms with Crippen LogP contribution in [0.4, 0.5) is 0 Å². The second-order valence-electron chi connectivity index (χ2n) is 4.94. The van der Waals surface area contributed by atoms with Crippen LogP contribution in [0.2, 0.25) is 0 Å². The van der Waals surface area contributed by atoms with Gasteiger partial charge in [-0.2, -0.15) is 0 Å². The molecule has 0 bridgehead atoms. The van der Waals surface area contributed by atoms with Gasteiger partial charge in [-0.1, -0.05) is 36.2 Å². The van der Waals surface area contributed by atoms with Gasteiger partial charge in [0.15, 0.2) is 0 Å². The molecule has 96 valence electrons. The first-order valence-electron chi connectivity index (χ1n) is 6.37. The van der Waals surface area contributed by atoms with E-state index in [1.165, 1.54) is 16.7 Å². The average Bonchev–Trinajstić information content (AvgIpc) is 2.25. The Balaban J connectivity index is 2.34. The highest BCUT2D eigenvalue weighted by Crippen LogP contribution is 2.14. The molecule has 1 unspecified atom stereocenters. The topological polar surface area (TPSA) is 29.5 Å². The molecule has 17 heavy (non-hydrogen) atoms. The number of rotatable bonds is 7. The third kappa shape index (κ3) is 5.85. The Bertz CT molecular complexity index is 313. The Kier molecular flexibility index (Phi) is 6.23. The molecule has 0 spiro atoms. The third-order valence-corrected chi connectivity index (χ3v) is 2.85. The molecule has 1 aromatic rings. The second kappa shape index (κ2) is 7.46. The van der Waals surface area contributed by atoms with Crippen LogP contribution in [0.1, 0.15) is 30.0 Å². The van der Waals surface area contributed by atoms with Gasteiger partial charge in [-0.05, 0) is 38.2 Å². The lowest BCUT2D eigenvalue weighted by molar-refractivity contribution is 0.0698. The molecule has 0 amide bonds. The highest BCUT2D eigenvalue weighted by Gasteiger charge is 2.03. The van der Waals surface area contributed by atoms with Gasteiger partial charge in [-0.25, -0.2) is 0 Å². The minimum atomic E-state index is 0.115. The highest BCUT2D eigenvalue weighted by atomic mass is 16.5. The van der Waals surface area contributed by atoms with Crippen LogP contribution in [0.5, 0.6) is 0 Å². The van der Waals surface area contributed by atoms with E-state index in [9.17, 15) is 0 Å². The molecule has 2 heteroatoms.